The van der Waals surface area contributed by atoms with Crippen molar-refractivity contribution in [2.45, 2.75) is 13.2 Å². The van der Waals surface area contributed by atoms with Crippen molar-refractivity contribution in [3.8, 4) is 17.6 Å². The zero-order valence-electron chi connectivity index (χ0n) is 15.9. The number of halogens is 1. The van der Waals surface area contributed by atoms with Crippen molar-refractivity contribution in [2.75, 3.05) is 7.11 Å². The number of nitriles is 1. The average Bonchev–Trinajstić information content (AvgIpc) is 2.76. The van der Waals surface area contributed by atoms with E-state index in [0.717, 1.165) is 22.4 Å². The number of hydrogen-bond acceptors (Lipinski definition) is 5. The number of benzene rings is 3. The first kappa shape index (κ1) is 20.2. The van der Waals surface area contributed by atoms with E-state index in [1.54, 1.807) is 37.6 Å². The molecule has 0 amide bonds. The van der Waals surface area contributed by atoms with Crippen molar-refractivity contribution >= 4 is 17.8 Å². The monoisotopic (exact) mass is 405 g/mol. The molecule has 146 valence electrons. The van der Waals surface area contributed by atoms with Gasteiger partial charge >= 0.3 is 0 Å². The minimum Gasteiger partial charge on any atom is -0.496 e. The molecule has 1 N–H and O–H groups in total. The van der Waals surface area contributed by atoms with Gasteiger partial charge in [0.15, 0.2) is 0 Å². The molecule has 3 aromatic carbocycles. The lowest BCUT2D eigenvalue weighted by Gasteiger charge is -2.10. The molecule has 0 atom stereocenters. The molecule has 0 heterocycles. The summed E-state index contributed by atoms with van der Waals surface area (Å²) < 4.78 is 11.3. The normalized spacial score (nSPS) is 10.5. The topological polar surface area (TPSA) is 66.6 Å². The zero-order chi connectivity index (χ0) is 20.5. The van der Waals surface area contributed by atoms with Crippen molar-refractivity contribution in [1.82, 2.24) is 5.43 Å². The lowest BCUT2D eigenvalue weighted by Crippen LogP contribution is -2.07. The Labute approximate surface area is 175 Å². The second-order valence-electron chi connectivity index (χ2n) is 6.18. The Hall–Kier alpha value is -3.49. The third-order valence-corrected chi connectivity index (χ3v) is 4.44. The molecule has 0 saturated heterocycles. The predicted molar refractivity (Wildman–Crippen MR) is 114 cm³/mol. The van der Waals surface area contributed by atoms with E-state index >= 15 is 0 Å². The van der Waals surface area contributed by atoms with Crippen molar-refractivity contribution in [3.63, 3.8) is 0 Å². The summed E-state index contributed by atoms with van der Waals surface area (Å²) in [5.41, 5.74) is 6.38. The molecule has 0 unspecified atom stereocenters. The van der Waals surface area contributed by atoms with Gasteiger partial charge in [0.25, 0.3) is 0 Å². The van der Waals surface area contributed by atoms with Crippen LogP contribution in [0.4, 0.5) is 0 Å². The van der Waals surface area contributed by atoms with E-state index in [1.807, 2.05) is 42.5 Å². The average molecular weight is 406 g/mol. The molecule has 6 heteroatoms. The third-order valence-electron chi connectivity index (χ3n) is 4.21. The fourth-order valence-corrected chi connectivity index (χ4v) is 2.86. The Morgan fingerprint density at radius 3 is 2.62 bits per heavy atom. The number of methoxy groups -OCH3 is 1. The number of hydrogen-bond donors (Lipinski definition) is 1. The van der Waals surface area contributed by atoms with Crippen LogP contribution < -0.4 is 14.9 Å². The molecular weight excluding hydrogens is 386 g/mol. The van der Waals surface area contributed by atoms with Gasteiger partial charge in [-0.1, -0.05) is 41.9 Å². The molecule has 3 aromatic rings. The lowest BCUT2D eigenvalue weighted by atomic mass is 10.1. The van der Waals surface area contributed by atoms with Gasteiger partial charge < -0.3 is 14.9 Å². The van der Waals surface area contributed by atoms with Crippen LogP contribution in [0.5, 0.6) is 11.5 Å². The Bertz CT molecular complexity index is 1030. The molecule has 0 spiro atoms. The molecule has 0 fully saturated rings. The van der Waals surface area contributed by atoms with E-state index in [4.69, 9.17) is 26.3 Å². The van der Waals surface area contributed by atoms with Crippen LogP contribution in [0.3, 0.4) is 0 Å². The summed E-state index contributed by atoms with van der Waals surface area (Å²) in [5, 5.41) is 13.8. The first-order valence-electron chi connectivity index (χ1n) is 8.99. The molecule has 0 aliphatic rings. The van der Waals surface area contributed by atoms with E-state index in [2.05, 4.69) is 16.6 Å². The summed E-state index contributed by atoms with van der Waals surface area (Å²) in [6, 6.07) is 22.5. The summed E-state index contributed by atoms with van der Waals surface area (Å²) in [6.45, 7) is 0.908. The van der Waals surface area contributed by atoms with E-state index < -0.39 is 0 Å². The number of nitrogens with one attached hydrogen (secondary N) is 1. The molecular formula is C23H20ClN3O2. The van der Waals surface area contributed by atoms with Crippen LogP contribution in [0.1, 0.15) is 22.3 Å². The van der Waals surface area contributed by atoms with Crippen molar-refractivity contribution in [1.29, 1.82) is 5.26 Å². The highest BCUT2D eigenvalue weighted by atomic mass is 35.5. The molecule has 0 radical (unpaired) electrons. The van der Waals surface area contributed by atoms with Gasteiger partial charge in [-0.25, -0.2) is 0 Å². The molecule has 0 bridgehead atoms. The predicted octanol–water partition coefficient (Wildman–Crippen LogP) is 4.92. The minimum atomic E-state index is 0.378. The summed E-state index contributed by atoms with van der Waals surface area (Å²) in [5.74, 6) is 1.48. The van der Waals surface area contributed by atoms with Gasteiger partial charge in [-0.15, -0.1) is 0 Å². The van der Waals surface area contributed by atoms with Crippen molar-refractivity contribution < 1.29 is 9.47 Å². The smallest absolute Gasteiger partial charge is 0.128 e. The van der Waals surface area contributed by atoms with Gasteiger partial charge in [-0.2, -0.15) is 10.4 Å². The number of ether oxygens (including phenoxy) is 2. The maximum atomic E-state index is 8.88. The van der Waals surface area contributed by atoms with Gasteiger partial charge in [0, 0.05) is 16.1 Å². The quantitative estimate of drug-likeness (QED) is 0.426. The highest BCUT2D eigenvalue weighted by Crippen LogP contribution is 2.23. The summed E-state index contributed by atoms with van der Waals surface area (Å²) in [6.07, 6.45) is 1.68. The van der Waals surface area contributed by atoms with E-state index in [0.29, 0.717) is 29.5 Å². The fourth-order valence-electron chi connectivity index (χ4n) is 2.68. The van der Waals surface area contributed by atoms with Gasteiger partial charge in [-0.3, -0.25) is 0 Å². The summed E-state index contributed by atoms with van der Waals surface area (Å²) in [7, 11) is 1.64. The molecule has 0 aliphatic heterocycles. The van der Waals surface area contributed by atoms with Crippen LogP contribution in [0.15, 0.2) is 71.8 Å². The second-order valence-corrected chi connectivity index (χ2v) is 6.62. The first-order valence-corrected chi connectivity index (χ1v) is 9.36. The number of nitrogens with zero attached hydrogens (tertiary/aromatic N) is 2. The summed E-state index contributed by atoms with van der Waals surface area (Å²) >= 11 is 6.13. The Morgan fingerprint density at radius 2 is 1.86 bits per heavy atom. The van der Waals surface area contributed by atoms with Crippen molar-refractivity contribution in [2.24, 2.45) is 5.10 Å². The molecule has 29 heavy (non-hydrogen) atoms. The standard InChI is InChI=1S/C23H20ClN3O2/c1-28-22-5-3-2-4-19(22)14-26-27-15-20-12-21(24)10-11-23(20)29-16-18-8-6-17(13-25)7-9-18/h2-12,15,26H,14,16H2,1H3/b27-15+. The Balaban J connectivity index is 1.64. The van der Waals surface area contributed by atoms with E-state index in [1.165, 1.54) is 0 Å². The number of hydrazone groups is 1. The van der Waals surface area contributed by atoms with E-state index in [9.17, 15) is 0 Å². The molecule has 0 aliphatic carbocycles. The second kappa shape index (κ2) is 10.2. The first-order chi connectivity index (χ1) is 14.2. The number of rotatable bonds is 8. The molecule has 0 saturated carbocycles. The van der Waals surface area contributed by atoms with Gasteiger partial charge in [0.05, 0.1) is 31.5 Å². The van der Waals surface area contributed by atoms with Gasteiger partial charge in [0.1, 0.15) is 18.1 Å². The molecule has 5 nitrogen and oxygen atoms in total. The number of para-hydroxylation sites is 1. The Kier molecular flexibility index (Phi) is 7.10. The fraction of sp³-hybridized carbons (Fsp3) is 0.130. The van der Waals surface area contributed by atoms with Crippen LogP contribution in [-0.2, 0) is 13.2 Å². The lowest BCUT2D eigenvalue weighted by molar-refractivity contribution is 0.306. The molecule has 3 rings (SSSR count). The maximum Gasteiger partial charge on any atom is 0.128 e. The Morgan fingerprint density at radius 1 is 1.07 bits per heavy atom. The highest BCUT2D eigenvalue weighted by molar-refractivity contribution is 6.30. The van der Waals surface area contributed by atoms with Crippen LogP contribution in [-0.4, -0.2) is 13.3 Å². The minimum absolute atomic E-state index is 0.378. The maximum absolute atomic E-state index is 8.88. The van der Waals surface area contributed by atoms with Crippen LogP contribution in [0, 0.1) is 11.3 Å². The van der Waals surface area contributed by atoms with Crippen LogP contribution in [0.2, 0.25) is 5.02 Å². The van der Waals surface area contributed by atoms with Gasteiger partial charge in [-0.05, 0) is 42.0 Å². The SMILES string of the molecule is COc1ccccc1CN/N=C/c1cc(Cl)ccc1OCc1ccc(C#N)cc1. The van der Waals surface area contributed by atoms with E-state index in [-0.39, 0.29) is 0 Å². The highest BCUT2D eigenvalue weighted by Gasteiger charge is 2.05. The van der Waals surface area contributed by atoms with Gasteiger partial charge in [0.2, 0.25) is 0 Å². The summed E-state index contributed by atoms with van der Waals surface area (Å²) in [4.78, 5) is 0. The van der Waals surface area contributed by atoms with Crippen LogP contribution >= 0.6 is 11.6 Å². The molecule has 0 aromatic heterocycles. The van der Waals surface area contributed by atoms with Crippen LogP contribution in [0.25, 0.3) is 0 Å². The largest absolute Gasteiger partial charge is 0.496 e. The van der Waals surface area contributed by atoms with Crippen molar-refractivity contribution in [3.05, 3.63) is 94.0 Å². The third kappa shape index (κ3) is 5.74. The zero-order valence-corrected chi connectivity index (χ0v) is 16.7.